The Bertz CT molecular complexity index is 416. The molecule has 0 bridgehead atoms. The molecule has 0 saturated heterocycles. The normalized spacial score (nSPS) is 12.1. The molecule has 4 nitrogen and oxygen atoms in total. The fourth-order valence-corrected chi connectivity index (χ4v) is 1.78. The van der Waals surface area contributed by atoms with Crippen LogP contribution in [0.5, 0.6) is 5.75 Å². The fourth-order valence-electron chi connectivity index (χ4n) is 1.78. The molecule has 4 heteroatoms. The van der Waals surface area contributed by atoms with E-state index in [0.29, 0.717) is 6.54 Å². The molecule has 0 heterocycles. The Morgan fingerprint density at radius 2 is 2.11 bits per heavy atom. The number of nitrogens with zero attached hydrogens (tertiary/aromatic N) is 1. The Labute approximate surface area is 109 Å². The molecule has 1 amide bonds. The van der Waals surface area contributed by atoms with Crippen molar-refractivity contribution in [1.29, 1.82) is 0 Å². The third-order valence-electron chi connectivity index (χ3n) is 2.72. The fraction of sp³-hybridized carbons (Fsp3) is 0.500. The van der Waals surface area contributed by atoms with Crippen molar-refractivity contribution in [2.45, 2.75) is 26.4 Å². The van der Waals surface area contributed by atoms with E-state index in [4.69, 9.17) is 10.5 Å². The number of amides is 1. The Morgan fingerprint density at radius 3 is 2.67 bits per heavy atom. The molecular weight excluding hydrogens is 228 g/mol. The molecule has 1 aromatic carbocycles. The molecule has 100 valence electrons. The number of rotatable bonds is 5. The summed E-state index contributed by atoms with van der Waals surface area (Å²) in [7, 11) is 3.44. The zero-order valence-corrected chi connectivity index (χ0v) is 11.6. The van der Waals surface area contributed by atoms with Crippen molar-refractivity contribution < 1.29 is 9.53 Å². The first-order valence-electron chi connectivity index (χ1n) is 6.13. The summed E-state index contributed by atoms with van der Waals surface area (Å²) in [5.41, 5.74) is 7.80. The van der Waals surface area contributed by atoms with Crippen LogP contribution in [0.15, 0.2) is 18.2 Å². The van der Waals surface area contributed by atoms with Crippen molar-refractivity contribution in [3.63, 3.8) is 0 Å². The minimum absolute atomic E-state index is 0.0470. The lowest BCUT2D eigenvalue weighted by atomic mass is 10.1. The van der Waals surface area contributed by atoms with Crippen molar-refractivity contribution in [1.82, 2.24) is 4.90 Å². The molecule has 1 aromatic rings. The molecule has 0 aliphatic carbocycles. The number of aryl methyl sites for hydroxylation is 1. The van der Waals surface area contributed by atoms with E-state index < -0.39 is 6.10 Å². The van der Waals surface area contributed by atoms with Crippen LogP contribution in [0.1, 0.15) is 18.1 Å². The van der Waals surface area contributed by atoms with Gasteiger partial charge in [0.2, 0.25) is 0 Å². The Balaban J connectivity index is 2.86. The maximum Gasteiger partial charge on any atom is 0.262 e. The van der Waals surface area contributed by atoms with Gasteiger partial charge in [-0.1, -0.05) is 17.7 Å². The van der Waals surface area contributed by atoms with Crippen LogP contribution in [-0.4, -0.2) is 37.6 Å². The van der Waals surface area contributed by atoms with Gasteiger partial charge in [-0.05, 0) is 38.4 Å². The van der Waals surface area contributed by atoms with Crippen molar-refractivity contribution >= 4 is 5.91 Å². The topological polar surface area (TPSA) is 55.6 Å². The highest BCUT2D eigenvalue weighted by atomic mass is 16.5. The predicted molar refractivity (Wildman–Crippen MR) is 72.7 cm³/mol. The Morgan fingerprint density at radius 1 is 1.44 bits per heavy atom. The number of carbonyl (C=O) groups excluding carboxylic acids is 1. The van der Waals surface area contributed by atoms with E-state index in [1.807, 2.05) is 19.1 Å². The maximum atomic E-state index is 11.8. The van der Waals surface area contributed by atoms with E-state index in [1.165, 1.54) is 4.90 Å². The monoisotopic (exact) mass is 250 g/mol. The summed E-state index contributed by atoms with van der Waals surface area (Å²) in [6.07, 6.45) is 0.263. The van der Waals surface area contributed by atoms with Crippen LogP contribution in [0.4, 0.5) is 0 Å². The molecule has 0 aliphatic rings. The van der Waals surface area contributed by atoms with Crippen molar-refractivity contribution in [3.05, 3.63) is 29.3 Å². The van der Waals surface area contributed by atoms with Gasteiger partial charge in [0, 0.05) is 14.1 Å². The van der Waals surface area contributed by atoms with Gasteiger partial charge < -0.3 is 15.4 Å². The van der Waals surface area contributed by atoms with Crippen LogP contribution >= 0.6 is 0 Å². The third kappa shape index (κ3) is 3.74. The van der Waals surface area contributed by atoms with E-state index in [0.717, 1.165) is 23.3 Å². The lowest BCUT2D eigenvalue weighted by Crippen LogP contribution is -2.35. The molecule has 18 heavy (non-hydrogen) atoms. The quantitative estimate of drug-likeness (QED) is 0.858. The second-order valence-electron chi connectivity index (χ2n) is 4.64. The van der Waals surface area contributed by atoms with Gasteiger partial charge in [0.25, 0.3) is 5.91 Å². The van der Waals surface area contributed by atoms with Crippen molar-refractivity contribution in [2.75, 3.05) is 20.6 Å². The van der Waals surface area contributed by atoms with Gasteiger partial charge in [0.15, 0.2) is 6.10 Å². The first kappa shape index (κ1) is 14.5. The van der Waals surface area contributed by atoms with Crippen LogP contribution in [0.2, 0.25) is 0 Å². The van der Waals surface area contributed by atoms with Gasteiger partial charge in [0.05, 0.1) is 0 Å². The van der Waals surface area contributed by atoms with E-state index in [1.54, 1.807) is 21.0 Å². The van der Waals surface area contributed by atoms with Gasteiger partial charge in [0.1, 0.15) is 5.75 Å². The molecule has 0 fully saturated rings. The lowest BCUT2D eigenvalue weighted by molar-refractivity contribution is -0.135. The lowest BCUT2D eigenvalue weighted by Gasteiger charge is -2.20. The summed E-state index contributed by atoms with van der Waals surface area (Å²) in [5, 5.41) is 0. The number of hydrogen-bond donors (Lipinski definition) is 1. The predicted octanol–water partition coefficient (Wildman–Crippen LogP) is 1.35. The van der Waals surface area contributed by atoms with Crippen molar-refractivity contribution in [2.24, 2.45) is 5.73 Å². The van der Waals surface area contributed by atoms with Crippen LogP contribution in [0.25, 0.3) is 0 Å². The highest BCUT2D eigenvalue weighted by Crippen LogP contribution is 2.22. The third-order valence-corrected chi connectivity index (χ3v) is 2.72. The number of hydrogen-bond acceptors (Lipinski definition) is 3. The van der Waals surface area contributed by atoms with Gasteiger partial charge in [-0.15, -0.1) is 0 Å². The van der Waals surface area contributed by atoms with Gasteiger partial charge >= 0.3 is 0 Å². The summed E-state index contributed by atoms with van der Waals surface area (Å²) in [4.78, 5) is 13.3. The van der Waals surface area contributed by atoms with Gasteiger partial charge in [-0.25, -0.2) is 0 Å². The van der Waals surface area contributed by atoms with E-state index in [-0.39, 0.29) is 5.91 Å². The van der Waals surface area contributed by atoms with Crippen LogP contribution in [0.3, 0.4) is 0 Å². The summed E-state index contributed by atoms with van der Waals surface area (Å²) in [5.74, 6) is 0.697. The average Bonchev–Trinajstić information content (AvgIpc) is 2.31. The first-order chi connectivity index (χ1) is 8.45. The zero-order valence-electron chi connectivity index (χ0n) is 11.6. The second kappa shape index (κ2) is 6.40. The van der Waals surface area contributed by atoms with E-state index in [9.17, 15) is 4.79 Å². The van der Waals surface area contributed by atoms with Crippen LogP contribution < -0.4 is 10.5 Å². The second-order valence-corrected chi connectivity index (χ2v) is 4.64. The Hall–Kier alpha value is -1.55. The number of benzene rings is 1. The molecule has 0 radical (unpaired) electrons. The SMILES string of the molecule is Cc1ccc(OC(C)C(=O)N(C)C)c(CCN)c1. The molecular formula is C14H22N2O2. The summed E-state index contributed by atoms with van der Waals surface area (Å²) in [6, 6.07) is 5.93. The molecule has 1 unspecified atom stereocenters. The van der Waals surface area contributed by atoms with E-state index in [2.05, 4.69) is 6.07 Å². The first-order valence-corrected chi connectivity index (χ1v) is 6.13. The van der Waals surface area contributed by atoms with E-state index >= 15 is 0 Å². The van der Waals surface area contributed by atoms with Crippen LogP contribution in [0, 0.1) is 6.92 Å². The maximum absolute atomic E-state index is 11.8. The smallest absolute Gasteiger partial charge is 0.262 e. The number of carbonyl (C=O) groups is 1. The molecule has 0 saturated carbocycles. The highest BCUT2D eigenvalue weighted by Gasteiger charge is 2.17. The number of nitrogens with two attached hydrogens (primary N) is 1. The summed E-state index contributed by atoms with van der Waals surface area (Å²) < 4.78 is 5.73. The molecule has 0 spiro atoms. The largest absolute Gasteiger partial charge is 0.481 e. The zero-order chi connectivity index (χ0) is 13.7. The standard InChI is InChI=1S/C14H22N2O2/c1-10-5-6-13(12(9-10)7-8-15)18-11(2)14(17)16(3)4/h5-6,9,11H,7-8,15H2,1-4H3. The molecule has 0 aliphatic heterocycles. The van der Waals surface area contributed by atoms with Gasteiger partial charge in [-0.2, -0.15) is 0 Å². The number of likely N-dealkylation sites (N-methyl/N-ethyl adjacent to an activating group) is 1. The molecule has 2 N–H and O–H groups in total. The van der Waals surface area contributed by atoms with Crippen molar-refractivity contribution in [3.8, 4) is 5.75 Å². The minimum atomic E-state index is -0.487. The number of ether oxygens (including phenoxy) is 1. The molecule has 1 atom stereocenters. The average molecular weight is 250 g/mol. The van der Waals surface area contributed by atoms with Gasteiger partial charge in [-0.3, -0.25) is 4.79 Å². The molecule has 1 rings (SSSR count). The minimum Gasteiger partial charge on any atom is -0.481 e. The summed E-state index contributed by atoms with van der Waals surface area (Å²) >= 11 is 0. The van der Waals surface area contributed by atoms with Crippen LogP contribution in [-0.2, 0) is 11.2 Å². The Kier molecular flexibility index (Phi) is 5.16. The summed E-state index contributed by atoms with van der Waals surface area (Å²) in [6.45, 7) is 4.35. The molecule has 0 aromatic heterocycles. The highest BCUT2D eigenvalue weighted by molar-refractivity contribution is 5.80.